The lowest BCUT2D eigenvalue weighted by Gasteiger charge is -2.29. The van der Waals surface area contributed by atoms with E-state index in [1.165, 1.54) is 12.1 Å². The molecule has 3 aromatic carbocycles. The fourth-order valence-corrected chi connectivity index (χ4v) is 5.31. The zero-order valence-corrected chi connectivity index (χ0v) is 22.5. The van der Waals surface area contributed by atoms with Crippen LogP contribution in [0.1, 0.15) is 53.2 Å². The fraction of sp³-hybridized carbons (Fsp3) is 0.323. The van der Waals surface area contributed by atoms with Crippen LogP contribution in [0.15, 0.2) is 54.6 Å². The molecule has 1 aliphatic heterocycles. The van der Waals surface area contributed by atoms with Crippen molar-refractivity contribution in [2.75, 3.05) is 37.8 Å². The Morgan fingerprint density at radius 1 is 1.00 bits per heavy atom. The first-order chi connectivity index (χ1) is 18.9. The van der Waals surface area contributed by atoms with Gasteiger partial charge < -0.3 is 19.1 Å². The van der Waals surface area contributed by atoms with Gasteiger partial charge in [-0.3, -0.25) is 0 Å². The van der Waals surface area contributed by atoms with Crippen LogP contribution in [-0.2, 0) is 16.1 Å². The van der Waals surface area contributed by atoms with E-state index in [1.54, 1.807) is 19.1 Å². The molecular weight excluding hydrogens is 524 g/mol. The summed E-state index contributed by atoms with van der Waals surface area (Å²) in [5, 5.41) is 0.554. The maximum Gasteiger partial charge on any atom is 0.338 e. The minimum absolute atomic E-state index is 0.0527. The standard InChI is InChI=1S/C31H30ClF2NO4/c1-2-38-31(36)22-14-21(15-25(16-22)35-10-12-37-13-11-35)26-4-3-5-27(26)28-17-23(32)7-9-30(28)39-19-20-6-8-24(33)18-29(20)34/h6-9,14-18H,2-5,10-13,19H2,1H3. The largest absolute Gasteiger partial charge is 0.488 e. The van der Waals surface area contributed by atoms with Gasteiger partial charge in [0.05, 0.1) is 25.4 Å². The molecule has 2 aliphatic rings. The predicted octanol–water partition coefficient (Wildman–Crippen LogP) is 7.31. The lowest BCUT2D eigenvalue weighted by Crippen LogP contribution is -2.36. The highest BCUT2D eigenvalue weighted by atomic mass is 35.5. The Labute approximate surface area is 231 Å². The Kier molecular flexibility index (Phi) is 8.48. The Balaban J connectivity index is 1.54. The van der Waals surface area contributed by atoms with Gasteiger partial charge in [-0.1, -0.05) is 11.6 Å². The lowest BCUT2D eigenvalue weighted by molar-refractivity contribution is 0.0526. The van der Waals surface area contributed by atoms with Gasteiger partial charge in [0.25, 0.3) is 0 Å². The van der Waals surface area contributed by atoms with E-state index < -0.39 is 11.6 Å². The van der Waals surface area contributed by atoms with Gasteiger partial charge in [0.2, 0.25) is 0 Å². The van der Waals surface area contributed by atoms with E-state index in [4.69, 9.17) is 25.8 Å². The second-order valence-electron chi connectivity index (χ2n) is 9.56. The number of allylic oxidation sites excluding steroid dienone is 2. The Morgan fingerprint density at radius 3 is 2.56 bits per heavy atom. The number of halogens is 3. The molecule has 1 fully saturated rings. The Hall–Kier alpha value is -3.42. The summed E-state index contributed by atoms with van der Waals surface area (Å²) in [6, 6.07) is 14.7. The summed E-state index contributed by atoms with van der Waals surface area (Å²) >= 11 is 6.42. The first kappa shape index (κ1) is 27.2. The second-order valence-corrected chi connectivity index (χ2v) is 10.0. The molecule has 0 aromatic heterocycles. The van der Waals surface area contributed by atoms with Crippen molar-refractivity contribution in [3.05, 3.63) is 93.5 Å². The van der Waals surface area contributed by atoms with Gasteiger partial charge in [-0.05, 0) is 91.4 Å². The molecule has 0 saturated carbocycles. The molecular formula is C31H30ClF2NO4. The molecule has 0 spiro atoms. The summed E-state index contributed by atoms with van der Waals surface area (Å²) < 4.78 is 44.5. The summed E-state index contributed by atoms with van der Waals surface area (Å²) in [7, 11) is 0. The molecule has 0 N–H and O–H groups in total. The quantitative estimate of drug-likeness (QED) is 0.274. The molecule has 1 saturated heterocycles. The molecule has 204 valence electrons. The topological polar surface area (TPSA) is 48.0 Å². The van der Waals surface area contributed by atoms with Crippen LogP contribution in [0.4, 0.5) is 14.5 Å². The lowest BCUT2D eigenvalue weighted by atomic mass is 9.94. The monoisotopic (exact) mass is 553 g/mol. The van der Waals surface area contributed by atoms with Crippen molar-refractivity contribution >= 4 is 34.4 Å². The Bertz CT molecular complexity index is 1400. The molecule has 0 unspecified atom stereocenters. The van der Waals surface area contributed by atoms with Crippen LogP contribution < -0.4 is 9.64 Å². The molecule has 0 amide bonds. The van der Waals surface area contributed by atoms with Gasteiger partial charge in [-0.25, -0.2) is 13.6 Å². The molecule has 1 heterocycles. The zero-order valence-electron chi connectivity index (χ0n) is 21.8. The van der Waals surface area contributed by atoms with Crippen molar-refractivity contribution < 1.29 is 27.8 Å². The van der Waals surface area contributed by atoms with Crippen molar-refractivity contribution in [3.63, 3.8) is 0 Å². The van der Waals surface area contributed by atoms with Crippen molar-refractivity contribution in [1.82, 2.24) is 0 Å². The molecule has 5 nitrogen and oxygen atoms in total. The Morgan fingerprint density at radius 2 is 1.79 bits per heavy atom. The third kappa shape index (κ3) is 6.26. The number of hydrogen-bond acceptors (Lipinski definition) is 5. The first-order valence-corrected chi connectivity index (χ1v) is 13.5. The van der Waals surface area contributed by atoms with Crippen LogP contribution in [0.3, 0.4) is 0 Å². The van der Waals surface area contributed by atoms with Gasteiger partial charge in [0.1, 0.15) is 24.0 Å². The van der Waals surface area contributed by atoms with Crippen molar-refractivity contribution in [2.24, 2.45) is 0 Å². The average Bonchev–Trinajstić information content (AvgIpc) is 3.43. The SMILES string of the molecule is CCOC(=O)c1cc(C2=C(c3cc(Cl)ccc3OCc3ccc(F)cc3F)CCC2)cc(N2CCOCC2)c1. The summed E-state index contributed by atoms with van der Waals surface area (Å²) in [4.78, 5) is 15.0. The van der Waals surface area contributed by atoms with Gasteiger partial charge in [-0.2, -0.15) is 0 Å². The van der Waals surface area contributed by atoms with E-state index in [0.717, 1.165) is 66.4 Å². The molecule has 0 radical (unpaired) electrons. The second kappa shape index (κ2) is 12.2. The molecule has 0 bridgehead atoms. The number of morpholine rings is 1. The molecule has 3 aromatic rings. The van der Waals surface area contributed by atoms with Crippen LogP contribution in [0, 0.1) is 11.6 Å². The van der Waals surface area contributed by atoms with Crippen LogP contribution >= 0.6 is 11.6 Å². The van der Waals surface area contributed by atoms with Crippen LogP contribution in [0.5, 0.6) is 5.75 Å². The summed E-state index contributed by atoms with van der Waals surface area (Å²) in [6.45, 7) is 4.77. The zero-order chi connectivity index (χ0) is 27.4. The number of carbonyl (C=O) groups is 1. The third-order valence-electron chi connectivity index (χ3n) is 7.04. The summed E-state index contributed by atoms with van der Waals surface area (Å²) in [5.74, 6) is -1.09. The molecule has 5 rings (SSSR count). The van der Waals surface area contributed by atoms with Gasteiger partial charge >= 0.3 is 5.97 Å². The van der Waals surface area contributed by atoms with Gasteiger partial charge in [0, 0.05) is 41.0 Å². The van der Waals surface area contributed by atoms with Gasteiger partial charge in [-0.15, -0.1) is 0 Å². The number of benzene rings is 3. The van der Waals surface area contributed by atoms with Crippen molar-refractivity contribution in [3.8, 4) is 5.75 Å². The van der Waals surface area contributed by atoms with Gasteiger partial charge in [0.15, 0.2) is 0 Å². The van der Waals surface area contributed by atoms with Crippen molar-refractivity contribution in [2.45, 2.75) is 32.8 Å². The molecule has 8 heteroatoms. The number of ether oxygens (including phenoxy) is 3. The fourth-order valence-electron chi connectivity index (χ4n) is 5.14. The maximum absolute atomic E-state index is 14.3. The third-order valence-corrected chi connectivity index (χ3v) is 7.27. The minimum atomic E-state index is -0.655. The highest BCUT2D eigenvalue weighted by molar-refractivity contribution is 6.30. The highest BCUT2D eigenvalue weighted by Gasteiger charge is 2.24. The van der Waals surface area contributed by atoms with E-state index in [1.807, 2.05) is 18.2 Å². The minimum Gasteiger partial charge on any atom is -0.488 e. The normalized spacial score (nSPS) is 15.5. The van der Waals surface area contributed by atoms with E-state index in [9.17, 15) is 13.6 Å². The number of carbonyl (C=O) groups excluding carboxylic acids is 1. The van der Waals surface area contributed by atoms with Crippen LogP contribution in [0.2, 0.25) is 5.02 Å². The van der Waals surface area contributed by atoms with E-state index >= 15 is 0 Å². The molecule has 39 heavy (non-hydrogen) atoms. The average molecular weight is 554 g/mol. The molecule has 0 atom stereocenters. The number of esters is 1. The maximum atomic E-state index is 14.3. The smallest absolute Gasteiger partial charge is 0.338 e. The van der Waals surface area contributed by atoms with E-state index in [2.05, 4.69) is 11.0 Å². The summed E-state index contributed by atoms with van der Waals surface area (Å²) in [6.07, 6.45) is 2.55. The number of anilines is 1. The highest BCUT2D eigenvalue weighted by Crippen LogP contribution is 2.44. The first-order valence-electron chi connectivity index (χ1n) is 13.2. The van der Waals surface area contributed by atoms with Crippen molar-refractivity contribution in [1.29, 1.82) is 0 Å². The van der Waals surface area contributed by atoms with Crippen LogP contribution in [-0.4, -0.2) is 38.9 Å². The summed E-state index contributed by atoms with van der Waals surface area (Å²) in [5.41, 5.74) is 5.67. The predicted molar refractivity (Wildman–Crippen MR) is 148 cm³/mol. The molecule has 1 aliphatic carbocycles. The number of nitrogens with zero attached hydrogens (tertiary/aromatic N) is 1. The number of hydrogen-bond donors (Lipinski definition) is 0. The van der Waals surface area contributed by atoms with Crippen LogP contribution in [0.25, 0.3) is 11.1 Å². The van der Waals surface area contributed by atoms with E-state index in [-0.39, 0.29) is 18.1 Å². The number of rotatable bonds is 8. The van der Waals surface area contributed by atoms with E-state index in [0.29, 0.717) is 36.2 Å².